The predicted molar refractivity (Wildman–Crippen MR) is 125 cm³/mol. The molecule has 0 saturated carbocycles. The van der Waals surface area contributed by atoms with E-state index in [1.165, 1.54) is 34.5 Å². The third-order valence-corrected chi connectivity index (χ3v) is 6.16. The van der Waals surface area contributed by atoms with Gasteiger partial charge in [0.2, 0.25) is 5.89 Å². The molecular weight excluding hydrogens is 463 g/mol. The van der Waals surface area contributed by atoms with Gasteiger partial charge in [0, 0.05) is 6.42 Å². The third-order valence-electron chi connectivity index (χ3n) is 4.95. The lowest BCUT2D eigenvalue weighted by Gasteiger charge is -2.13. The molecule has 33 heavy (non-hydrogen) atoms. The van der Waals surface area contributed by atoms with Crippen LogP contribution in [0.3, 0.4) is 0 Å². The predicted octanol–water partition coefficient (Wildman–Crippen LogP) is 5.44. The van der Waals surface area contributed by atoms with Gasteiger partial charge in [-0.15, -0.1) is 0 Å². The van der Waals surface area contributed by atoms with Crippen molar-refractivity contribution in [2.24, 2.45) is 0 Å². The Kier molecular flexibility index (Phi) is 5.93. The monoisotopic (exact) mass is 478 g/mol. The summed E-state index contributed by atoms with van der Waals surface area (Å²) in [7, 11) is 0. The van der Waals surface area contributed by atoms with E-state index in [0.29, 0.717) is 45.6 Å². The Balaban J connectivity index is 1.47. The Labute approximate surface area is 197 Å². The van der Waals surface area contributed by atoms with Gasteiger partial charge in [0.05, 0.1) is 27.4 Å². The van der Waals surface area contributed by atoms with Crippen molar-refractivity contribution in [1.82, 2.24) is 19.7 Å². The quantitative estimate of drug-likeness (QED) is 0.239. The Morgan fingerprint density at radius 3 is 2.61 bits per heavy atom. The maximum absolute atomic E-state index is 13.7. The Morgan fingerprint density at radius 2 is 1.79 bits per heavy atom. The summed E-state index contributed by atoms with van der Waals surface area (Å²) >= 11 is 7.25. The van der Waals surface area contributed by atoms with E-state index in [-0.39, 0.29) is 10.6 Å². The van der Waals surface area contributed by atoms with Gasteiger partial charge in [0.1, 0.15) is 5.82 Å². The second kappa shape index (κ2) is 9.17. The number of thioether (sulfide) groups is 1. The zero-order chi connectivity index (χ0) is 22.8. The molecule has 164 valence electrons. The van der Waals surface area contributed by atoms with E-state index in [2.05, 4.69) is 15.1 Å². The van der Waals surface area contributed by atoms with Gasteiger partial charge in [-0.1, -0.05) is 71.0 Å². The first kappa shape index (κ1) is 21.4. The Morgan fingerprint density at radius 1 is 1.00 bits per heavy atom. The lowest BCUT2D eigenvalue weighted by atomic mass is 10.1. The van der Waals surface area contributed by atoms with E-state index in [0.717, 1.165) is 5.56 Å². The van der Waals surface area contributed by atoms with Crippen LogP contribution in [0.15, 0.2) is 87.3 Å². The normalized spacial score (nSPS) is 11.2. The molecule has 9 heteroatoms. The fourth-order valence-corrected chi connectivity index (χ4v) is 4.41. The number of hydrogen-bond donors (Lipinski definition) is 0. The molecule has 0 aliphatic rings. The Hall–Kier alpha value is -3.49. The number of rotatable bonds is 6. The van der Waals surface area contributed by atoms with Crippen molar-refractivity contribution in [3.8, 4) is 5.69 Å². The first-order valence-corrected chi connectivity index (χ1v) is 11.4. The zero-order valence-corrected chi connectivity index (χ0v) is 18.7. The van der Waals surface area contributed by atoms with Crippen molar-refractivity contribution < 1.29 is 8.91 Å². The van der Waals surface area contributed by atoms with Crippen LogP contribution in [-0.2, 0) is 12.2 Å². The highest BCUT2D eigenvalue weighted by molar-refractivity contribution is 7.98. The van der Waals surface area contributed by atoms with Crippen LogP contribution in [0.5, 0.6) is 0 Å². The van der Waals surface area contributed by atoms with E-state index in [4.69, 9.17) is 16.1 Å². The summed E-state index contributed by atoms with van der Waals surface area (Å²) in [5.74, 6) is 0.734. The van der Waals surface area contributed by atoms with Crippen LogP contribution in [-0.4, -0.2) is 19.7 Å². The number of benzene rings is 3. The molecule has 0 N–H and O–H groups in total. The summed E-state index contributed by atoms with van der Waals surface area (Å²) < 4.78 is 20.5. The molecule has 5 rings (SSSR count). The molecule has 0 aliphatic heterocycles. The van der Waals surface area contributed by atoms with E-state index in [1.807, 2.05) is 36.4 Å². The topological polar surface area (TPSA) is 73.8 Å². The summed E-state index contributed by atoms with van der Waals surface area (Å²) in [5, 5.41) is 4.82. The number of aromatic nitrogens is 4. The van der Waals surface area contributed by atoms with Crippen molar-refractivity contribution in [3.05, 3.63) is 111 Å². The average Bonchev–Trinajstić information content (AvgIpc) is 3.28. The Bertz CT molecular complexity index is 1500. The maximum atomic E-state index is 13.7. The molecule has 6 nitrogen and oxygen atoms in total. The zero-order valence-electron chi connectivity index (χ0n) is 17.1. The second-order valence-electron chi connectivity index (χ2n) is 7.21. The molecule has 2 aromatic heterocycles. The molecular formula is C24H16ClFN4O2S. The summed E-state index contributed by atoms with van der Waals surface area (Å²) in [6.45, 7) is 0. The van der Waals surface area contributed by atoms with Crippen molar-refractivity contribution in [1.29, 1.82) is 0 Å². The van der Waals surface area contributed by atoms with Crippen LogP contribution in [0.4, 0.5) is 4.39 Å². The lowest BCUT2D eigenvalue weighted by Crippen LogP contribution is -2.21. The number of nitrogens with zero attached hydrogens (tertiary/aromatic N) is 4. The maximum Gasteiger partial charge on any atom is 0.266 e. The fourth-order valence-electron chi connectivity index (χ4n) is 3.39. The first-order valence-electron chi connectivity index (χ1n) is 10.0. The highest BCUT2D eigenvalue weighted by Gasteiger charge is 2.16. The minimum Gasteiger partial charge on any atom is -0.338 e. The lowest BCUT2D eigenvalue weighted by molar-refractivity contribution is 0.385. The molecule has 0 atom stereocenters. The van der Waals surface area contributed by atoms with Crippen molar-refractivity contribution in [3.63, 3.8) is 0 Å². The standard InChI is InChI=1S/C24H16ClFN4O2S/c25-18-13-16(10-11-19(18)26)30-23(31)17-8-4-5-9-20(17)27-24(30)33-14-22-28-21(29-32-22)12-15-6-2-1-3-7-15/h1-11,13H,12,14H2. The molecule has 5 aromatic rings. The molecule has 2 heterocycles. The van der Waals surface area contributed by atoms with Crippen LogP contribution in [0.25, 0.3) is 16.6 Å². The molecule has 0 fully saturated rings. The van der Waals surface area contributed by atoms with E-state index in [1.54, 1.807) is 18.2 Å². The number of para-hydroxylation sites is 1. The van der Waals surface area contributed by atoms with Crippen LogP contribution in [0.2, 0.25) is 5.02 Å². The van der Waals surface area contributed by atoms with Crippen LogP contribution >= 0.6 is 23.4 Å². The van der Waals surface area contributed by atoms with E-state index >= 15 is 0 Å². The highest BCUT2D eigenvalue weighted by Crippen LogP contribution is 2.26. The summed E-state index contributed by atoms with van der Waals surface area (Å²) in [4.78, 5) is 22.4. The first-order chi connectivity index (χ1) is 16.1. The van der Waals surface area contributed by atoms with Gasteiger partial charge in [-0.25, -0.2) is 9.37 Å². The molecule has 0 saturated heterocycles. The minimum absolute atomic E-state index is 0.0778. The number of hydrogen-bond acceptors (Lipinski definition) is 6. The third kappa shape index (κ3) is 4.53. The molecule has 0 spiro atoms. The fraction of sp³-hybridized carbons (Fsp3) is 0.0833. The molecule has 3 aromatic carbocycles. The van der Waals surface area contributed by atoms with Crippen LogP contribution in [0, 0.1) is 5.82 Å². The van der Waals surface area contributed by atoms with Gasteiger partial charge in [-0.05, 0) is 35.9 Å². The average molecular weight is 479 g/mol. The SMILES string of the molecule is O=c1c2ccccc2nc(SCc2nc(Cc3ccccc3)no2)n1-c1ccc(F)c(Cl)c1. The van der Waals surface area contributed by atoms with Crippen LogP contribution < -0.4 is 5.56 Å². The van der Waals surface area contributed by atoms with Gasteiger partial charge in [-0.3, -0.25) is 9.36 Å². The molecule has 0 amide bonds. The van der Waals surface area contributed by atoms with Crippen LogP contribution in [0.1, 0.15) is 17.3 Å². The van der Waals surface area contributed by atoms with E-state index in [9.17, 15) is 9.18 Å². The molecule has 0 bridgehead atoms. The van der Waals surface area contributed by atoms with Crippen molar-refractivity contribution in [2.75, 3.05) is 0 Å². The summed E-state index contributed by atoms with van der Waals surface area (Å²) in [6, 6.07) is 21.0. The summed E-state index contributed by atoms with van der Waals surface area (Å²) in [5.41, 5.74) is 1.78. The number of halogens is 2. The second-order valence-corrected chi connectivity index (χ2v) is 8.56. The number of fused-ring (bicyclic) bond motifs is 1. The molecule has 0 unspecified atom stereocenters. The van der Waals surface area contributed by atoms with Gasteiger partial charge in [0.15, 0.2) is 11.0 Å². The van der Waals surface area contributed by atoms with Gasteiger partial charge in [0.25, 0.3) is 5.56 Å². The van der Waals surface area contributed by atoms with Gasteiger partial charge < -0.3 is 4.52 Å². The molecule has 0 radical (unpaired) electrons. The molecule has 0 aliphatic carbocycles. The summed E-state index contributed by atoms with van der Waals surface area (Å²) in [6.07, 6.45) is 0.558. The van der Waals surface area contributed by atoms with Gasteiger partial charge >= 0.3 is 0 Å². The van der Waals surface area contributed by atoms with Crippen molar-refractivity contribution >= 4 is 34.3 Å². The smallest absolute Gasteiger partial charge is 0.266 e. The van der Waals surface area contributed by atoms with Gasteiger partial charge in [-0.2, -0.15) is 4.98 Å². The van der Waals surface area contributed by atoms with E-state index < -0.39 is 5.82 Å². The highest BCUT2D eigenvalue weighted by atomic mass is 35.5. The largest absolute Gasteiger partial charge is 0.338 e. The minimum atomic E-state index is -0.562. The van der Waals surface area contributed by atoms with Crippen molar-refractivity contribution in [2.45, 2.75) is 17.3 Å².